The van der Waals surface area contributed by atoms with Crippen molar-refractivity contribution in [1.29, 1.82) is 0 Å². The van der Waals surface area contributed by atoms with Gasteiger partial charge in [-0.25, -0.2) is 0 Å². The van der Waals surface area contributed by atoms with Crippen LogP contribution in [-0.4, -0.2) is 32.3 Å². The average Bonchev–Trinajstić information content (AvgIpc) is 2.78. The molecular weight excluding hydrogens is 355 g/mol. The van der Waals surface area contributed by atoms with Crippen LogP contribution in [0.1, 0.15) is 24.3 Å². The Morgan fingerprint density at radius 1 is 1.00 bits per heavy atom. The summed E-state index contributed by atoms with van der Waals surface area (Å²) >= 11 is 13.2. The van der Waals surface area contributed by atoms with Crippen LogP contribution in [0, 0.1) is 0 Å². The third kappa shape index (κ3) is 3.33. The van der Waals surface area contributed by atoms with E-state index in [4.69, 9.17) is 27.9 Å². The first-order chi connectivity index (χ1) is 12.3. The van der Waals surface area contributed by atoms with Gasteiger partial charge in [-0.15, -0.1) is 0 Å². The summed E-state index contributed by atoms with van der Waals surface area (Å²) in [5, 5.41) is 5.14. The fourth-order valence-electron chi connectivity index (χ4n) is 4.16. The van der Waals surface area contributed by atoms with Gasteiger partial charge in [0.15, 0.2) is 0 Å². The van der Waals surface area contributed by atoms with Gasteiger partial charge in [-0.05, 0) is 50.2 Å². The number of ether oxygens (including phenoxy) is 1. The summed E-state index contributed by atoms with van der Waals surface area (Å²) < 4.78 is 5.93. The topological polar surface area (TPSA) is 24.5 Å². The summed E-state index contributed by atoms with van der Waals surface area (Å²) in [7, 11) is 0. The monoisotopic (exact) mass is 376 g/mol. The molecule has 1 fully saturated rings. The molecule has 0 aromatic heterocycles. The van der Waals surface area contributed by atoms with E-state index in [0.29, 0.717) is 18.6 Å². The number of hydrogen-bond donors (Lipinski definition) is 1. The van der Waals surface area contributed by atoms with E-state index in [0.717, 1.165) is 54.0 Å². The molecule has 2 aromatic carbocycles. The average molecular weight is 377 g/mol. The van der Waals surface area contributed by atoms with Gasteiger partial charge in [0.25, 0.3) is 0 Å². The quantitative estimate of drug-likeness (QED) is 0.834. The van der Waals surface area contributed by atoms with Crippen molar-refractivity contribution in [3.8, 4) is 5.75 Å². The Labute approximate surface area is 158 Å². The van der Waals surface area contributed by atoms with E-state index in [2.05, 4.69) is 10.2 Å². The molecule has 1 N–H and O–H groups in total. The van der Waals surface area contributed by atoms with Crippen LogP contribution in [0.15, 0.2) is 42.5 Å². The Balaban J connectivity index is 1.58. The second kappa shape index (κ2) is 7.45. The van der Waals surface area contributed by atoms with E-state index >= 15 is 0 Å². The molecule has 2 aromatic rings. The summed E-state index contributed by atoms with van der Waals surface area (Å²) in [6.07, 6.45) is 2.19. The summed E-state index contributed by atoms with van der Waals surface area (Å²) in [4.78, 5) is 2.42. The fraction of sp³-hybridized carbons (Fsp3) is 0.400. The normalized spacial score (nSPS) is 22.2. The molecule has 0 radical (unpaired) electrons. The number of para-hydroxylation sites is 1. The number of nitrogens with zero attached hydrogens (tertiary/aromatic N) is 1. The molecule has 2 heterocycles. The highest BCUT2D eigenvalue weighted by Crippen LogP contribution is 2.50. The van der Waals surface area contributed by atoms with Gasteiger partial charge < -0.3 is 15.0 Å². The molecule has 2 atom stereocenters. The first-order valence-electron chi connectivity index (χ1n) is 8.89. The smallest absolute Gasteiger partial charge is 0.119 e. The highest BCUT2D eigenvalue weighted by Gasteiger charge is 2.41. The number of hydrogen-bond acceptors (Lipinski definition) is 3. The van der Waals surface area contributed by atoms with E-state index in [1.54, 1.807) is 0 Å². The predicted molar refractivity (Wildman–Crippen MR) is 104 cm³/mol. The van der Waals surface area contributed by atoms with Crippen LogP contribution in [0.3, 0.4) is 0 Å². The predicted octanol–water partition coefficient (Wildman–Crippen LogP) is 4.73. The Morgan fingerprint density at radius 3 is 2.60 bits per heavy atom. The lowest BCUT2D eigenvalue weighted by atomic mass is 9.91. The molecule has 5 heteroatoms. The van der Waals surface area contributed by atoms with Crippen molar-refractivity contribution in [2.45, 2.75) is 24.8 Å². The van der Waals surface area contributed by atoms with Crippen molar-refractivity contribution < 1.29 is 4.74 Å². The Morgan fingerprint density at radius 2 is 1.76 bits per heavy atom. The second-order valence-electron chi connectivity index (χ2n) is 6.65. The first kappa shape index (κ1) is 17.0. The Bertz CT molecular complexity index is 738. The van der Waals surface area contributed by atoms with E-state index in [9.17, 15) is 0 Å². The lowest BCUT2D eigenvalue weighted by molar-refractivity contribution is 0.317. The summed E-state index contributed by atoms with van der Waals surface area (Å²) in [5.74, 6) is 1.34. The zero-order chi connectivity index (χ0) is 17.2. The van der Waals surface area contributed by atoms with Crippen LogP contribution in [0.4, 0.5) is 5.69 Å². The Kier molecular flexibility index (Phi) is 5.07. The number of rotatable bonds is 4. The molecule has 0 bridgehead atoms. The molecule has 0 aliphatic carbocycles. The maximum absolute atomic E-state index is 6.58. The van der Waals surface area contributed by atoms with E-state index in [1.165, 1.54) is 5.56 Å². The zero-order valence-electron chi connectivity index (χ0n) is 14.1. The van der Waals surface area contributed by atoms with Gasteiger partial charge in [0.1, 0.15) is 12.4 Å². The van der Waals surface area contributed by atoms with Crippen LogP contribution in [0.5, 0.6) is 5.75 Å². The number of benzene rings is 2. The fourth-order valence-corrected chi connectivity index (χ4v) is 4.73. The molecule has 2 aliphatic rings. The summed E-state index contributed by atoms with van der Waals surface area (Å²) in [5.41, 5.74) is 2.34. The first-order valence-corrected chi connectivity index (χ1v) is 9.64. The van der Waals surface area contributed by atoms with Crippen LogP contribution in [0.2, 0.25) is 10.0 Å². The maximum Gasteiger partial charge on any atom is 0.119 e. The SMILES string of the molecule is Clc1ccc(Cl)c2c1C1CCNCCC1N2CCOc1ccccc1. The standard InChI is InChI=1S/C20H22Cl2N2O/c21-16-6-7-17(22)20-19(16)15-8-10-23-11-9-18(15)24(20)12-13-25-14-4-2-1-3-5-14/h1-7,15,18,23H,8-13H2. The van der Waals surface area contributed by atoms with Gasteiger partial charge in [0, 0.05) is 22.5 Å². The molecule has 3 nitrogen and oxygen atoms in total. The molecule has 25 heavy (non-hydrogen) atoms. The van der Waals surface area contributed by atoms with Gasteiger partial charge in [0.05, 0.1) is 17.3 Å². The number of anilines is 1. The lowest BCUT2D eigenvalue weighted by Crippen LogP contribution is -2.37. The van der Waals surface area contributed by atoms with Gasteiger partial charge in [0.2, 0.25) is 0 Å². The molecule has 2 unspecified atom stereocenters. The van der Waals surface area contributed by atoms with Crippen molar-refractivity contribution in [3.05, 3.63) is 58.1 Å². The Hall–Kier alpha value is -1.42. The third-order valence-corrected chi connectivity index (χ3v) is 5.87. The highest BCUT2D eigenvalue weighted by atomic mass is 35.5. The van der Waals surface area contributed by atoms with Crippen LogP contribution >= 0.6 is 23.2 Å². The molecular formula is C20H22Cl2N2O. The molecule has 132 valence electrons. The highest BCUT2D eigenvalue weighted by molar-refractivity contribution is 6.36. The molecule has 4 rings (SSSR count). The second-order valence-corrected chi connectivity index (χ2v) is 7.46. The lowest BCUT2D eigenvalue weighted by Gasteiger charge is -2.29. The minimum atomic E-state index is 0.432. The van der Waals surface area contributed by atoms with Crippen LogP contribution in [0.25, 0.3) is 0 Å². The minimum absolute atomic E-state index is 0.432. The summed E-state index contributed by atoms with van der Waals surface area (Å²) in [6.45, 7) is 3.49. The van der Waals surface area contributed by atoms with E-state index in [-0.39, 0.29) is 0 Å². The molecule has 2 aliphatic heterocycles. The molecule has 0 spiro atoms. The molecule has 0 saturated carbocycles. The number of fused-ring (bicyclic) bond motifs is 3. The van der Waals surface area contributed by atoms with Crippen LogP contribution in [-0.2, 0) is 0 Å². The zero-order valence-corrected chi connectivity index (χ0v) is 15.6. The largest absolute Gasteiger partial charge is 0.492 e. The van der Waals surface area contributed by atoms with Crippen molar-refractivity contribution in [2.24, 2.45) is 0 Å². The summed E-state index contributed by atoms with van der Waals surface area (Å²) in [6, 6.07) is 14.2. The van der Waals surface area contributed by atoms with Crippen LogP contribution < -0.4 is 15.0 Å². The maximum atomic E-state index is 6.58. The van der Waals surface area contributed by atoms with Crippen molar-refractivity contribution in [1.82, 2.24) is 5.32 Å². The van der Waals surface area contributed by atoms with Gasteiger partial charge >= 0.3 is 0 Å². The van der Waals surface area contributed by atoms with Gasteiger partial charge in [-0.1, -0.05) is 41.4 Å². The van der Waals surface area contributed by atoms with Gasteiger partial charge in [-0.2, -0.15) is 0 Å². The number of halogens is 2. The van der Waals surface area contributed by atoms with Crippen molar-refractivity contribution in [3.63, 3.8) is 0 Å². The molecule has 1 saturated heterocycles. The van der Waals surface area contributed by atoms with Crippen molar-refractivity contribution >= 4 is 28.9 Å². The van der Waals surface area contributed by atoms with E-state index < -0.39 is 0 Å². The van der Waals surface area contributed by atoms with Crippen molar-refractivity contribution in [2.75, 3.05) is 31.1 Å². The third-order valence-electron chi connectivity index (χ3n) is 5.23. The minimum Gasteiger partial charge on any atom is -0.492 e. The van der Waals surface area contributed by atoms with E-state index in [1.807, 2.05) is 42.5 Å². The molecule has 0 amide bonds. The number of nitrogens with one attached hydrogen (secondary N) is 1. The van der Waals surface area contributed by atoms with Gasteiger partial charge in [-0.3, -0.25) is 0 Å².